The summed E-state index contributed by atoms with van der Waals surface area (Å²) in [5, 5.41) is 5.73. The maximum absolute atomic E-state index is 11.6. The molecule has 1 heterocycles. The van der Waals surface area contributed by atoms with Crippen LogP contribution < -0.4 is 10.6 Å². The highest BCUT2D eigenvalue weighted by atomic mass is 16.5. The van der Waals surface area contributed by atoms with E-state index < -0.39 is 0 Å². The molecule has 1 unspecified atom stereocenters. The maximum atomic E-state index is 11.6. The molecule has 5 heteroatoms. The molecule has 1 amide bonds. The molecule has 0 aromatic carbocycles. The van der Waals surface area contributed by atoms with Crippen LogP contribution in [-0.2, 0) is 4.74 Å². The number of methoxy groups -OCH3 is 1. The molecule has 0 aliphatic rings. The third-order valence-electron chi connectivity index (χ3n) is 2.19. The van der Waals surface area contributed by atoms with Gasteiger partial charge in [-0.15, -0.1) is 6.42 Å². The molecular formula is C13H17N3O2. The van der Waals surface area contributed by atoms with Crippen molar-refractivity contribution in [2.45, 2.75) is 13.0 Å². The second-order valence-corrected chi connectivity index (χ2v) is 3.82. The number of anilines is 1. The predicted octanol–water partition coefficient (Wildman–Crippen LogP) is 0.891. The third kappa shape index (κ3) is 4.44. The monoisotopic (exact) mass is 247 g/mol. The van der Waals surface area contributed by atoms with Crippen molar-refractivity contribution in [3.05, 3.63) is 23.9 Å². The van der Waals surface area contributed by atoms with Crippen LogP contribution in [0, 0.1) is 12.3 Å². The molecular weight excluding hydrogens is 230 g/mol. The number of aromatic nitrogens is 1. The lowest BCUT2D eigenvalue weighted by atomic mass is 10.2. The Balaban J connectivity index is 2.57. The van der Waals surface area contributed by atoms with Crippen molar-refractivity contribution in [1.29, 1.82) is 0 Å². The fourth-order valence-electron chi connectivity index (χ4n) is 1.39. The number of pyridine rings is 1. The van der Waals surface area contributed by atoms with Crippen molar-refractivity contribution < 1.29 is 9.53 Å². The molecule has 0 aliphatic heterocycles. The summed E-state index contributed by atoms with van der Waals surface area (Å²) in [6.07, 6.45) is 6.57. The van der Waals surface area contributed by atoms with Crippen molar-refractivity contribution in [3.63, 3.8) is 0 Å². The van der Waals surface area contributed by atoms with Gasteiger partial charge in [0.1, 0.15) is 5.82 Å². The Hall–Kier alpha value is -2.06. The normalized spacial score (nSPS) is 11.4. The summed E-state index contributed by atoms with van der Waals surface area (Å²) in [4.78, 5) is 15.7. The van der Waals surface area contributed by atoms with Crippen molar-refractivity contribution in [2.24, 2.45) is 0 Å². The van der Waals surface area contributed by atoms with Crippen molar-refractivity contribution in [3.8, 4) is 12.3 Å². The second kappa shape index (κ2) is 7.30. The van der Waals surface area contributed by atoms with Crippen molar-refractivity contribution in [2.75, 3.05) is 25.6 Å². The predicted molar refractivity (Wildman–Crippen MR) is 70.4 cm³/mol. The van der Waals surface area contributed by atoms with Crippen LogP contribution in [-0.4, -0.2) is 37.2 Å². The maximum Gasteiger partial charge on any atom is 0.253 e. The second-order valence-electron chi connectivity index (χ2n) is 3.82. The fraction of sp³-hybridized carbons (Fsp3) is 0.385. The zero-order valence-corrected chi connectivity index (χ0v) is 10.6. The van der Waals surface area contributed by atoms with Gasteiger partial charge in [-0.25, -0.2) is 4.98 Å². The number of nitrogens with one attached hydrogen (secondary N) is 2. The number of hydrogen-bond donors (Lipinski definition) is 2. The molecule has 0 radical (unpaired) electrons. The molecule has 2 N–H and O–H groups in total. The van der Waals surface area contributed by atoms with E-state index in [1.54, 1.807) is 19.2 Å². The van der Waals surface area contributed by atoms with E-state index in [9.17, 15) is 4.79 Å². The molecule has 0 saturated carbocycles. The highest BCUT2D eigenvalue weighted by Gasteiger charge is 2.06. The standard InChI is InChI=1S/C13H17N3O2/c1-4-7-14-13(17)11-5-6-12(15-8-11)16-10(2)9-18-3/h1,5-6,8,10H,7,9H2,2-3H3,(H,14,17)(H,15,16). The molecule has 0 aliphatic carbocycles. The van der Waals surface area contributed by atoms with E-state index in [0.29, 0.717) is 18.0 Å². The van der Waals surface area contributed by atoms with Gasteiger partial charge in [0.15, 0.2) is 0 Å². The molecule has 1 atom stereocenters. The minimum Gasteiger partial charge on any atom is -0.383 e. The summed E-state index contributed by atoms with van der Waals surface area (Å²) < 4.78 is 5.01. The van der Waals surface area contributed by atoms with Crippen LogP contribution in [0.4, 0.5) is 5.82 Å². The number of rotatable bonds is 6. The van der Waals surface area contributed by atoms with Gasteiger partial charge in [-0.05, 0) is 19.1 Å². The Morgan fingerprint density at radius 1 is 1.61 bits per heavy atom. The van der Waals surface area contributed by atoms with Gasteiger partial charge in [0.05, 0.1) is 18.7 Å². The molecule has 18 heavy (non-hydrogen) atoms. The minimum absolute atomic E-state index is 0.156. The smallest absolute Gasteiger partial charge is 0.253 e. The summed E-state index contributed by atoms with van der Waals surface area (Å²) in [6, 6.07) is 3.60. The Kier molecular flexibility index (Phi) is 5.68. The number of amides is 1. The lowest BCUT2D eigenvalue weighted by Crippen LogP contribution is -2.24. The van der Waals surface area contributed by atoms with Gasteiger partial charge in [0, 0.05) is 19.3 Å². The van der Waals surface area contributed by atoms with Gasteiger partial charge in [-0.2, -0.15) is 0 Å². The van der Waals surface area contributed by atoms with Crippen LogP contribution in [0.1, 0.15) is 17.3 Å². The van der Waals surface area contributed by atoms with Gasteiger partial charge in [-0.3, -0.25) is 4.79 Å². The van der Waals surface area contributed by atoms with Gasteiger partial charge in [0.2, 0.25) is 0 Å². The topological polar surface area (TPSA) is 63.2 Å². The fourth-order valence-corrected chi connectivity index (χ4v) is 1.39. The number of terminal acetylenes is 1. The van der Waals surface area contributed by atoms with Crippen LogP contribution in [0.3, 0.4) is 0 Å². The average Bonchev–Trinajstić information content (AvgIpc) is 2.37. The SMILES string of the molecule is C#CCNC(=O)c1ccc(NC(C)COC)nc1. The number of carbonyl (C=O) groups excluding carboxylic acids is 1. The number of carbonyl (C=O) groups is 1. The average molecular weight is 247 g/mol. The Morgan fingerprint density at radius 2 is 2.39 bits per heavy atom. The summed E-state index contributed by atoms with van der Waals surface area (Å²) in [5.41, 5.74) is 0.482. The zero-order valence-electron chi connectivity index (χ0n) is 10.6. The van der Waals surface area contributed by atoms with E-state index in [1.807, 2.05) is 6.92 Å². The van der Waals surface area contributed by atoms with E-state index in [1.165, 1.54) is 6.20 Å². The molecule has 1 aromatic heterocycles. The van der Waals surface area contributed by atoms with Gasteiger partial charge in [-0.1, -0.05) is 5.92 Å². The lowest BCUT2D eigenvalue weighted by Gasteiger charge is -2.13. The molecule has 0 fully saturated rings. The first-order valence-electron chi connectivity index (χ1n) is 5.60. The van der Waals surface area contributed by atoms with Gasteiger partial charge in [0.25, 0.3) is 5.91 Å². The first-order valence-corrected chi connectivity index (χ1v) is 5.60. The highest BCUT2D eigenvalue weighted by Crippen LogP contribution is 2.06. The van der Waals surface area contributed by atoms with Gasteiger partial charge >= 0.3 is 0 Å². The van der Waals surface area contributed by atoms with E-state index >= 15 is 0 Å². The van der Waals surface area contributed by atoms with Crippen LogP contribution in [0.25, 0.3) is 0 Å². The van der Waals surface area contributed by atoms with Crippen molar-refractivity contribution in [1.82, 2.24) is 10.3 Å². The molecule has 1 rings (SSSR count). The minimum atomic E-state index is -0.225. The molecule has 96 valence electrons. The molecule has 0 bridgehead atoms. The lowest BCUT2D eigenvalue weighted by molar-refractivity contribution is 0.0958. The van der Waals surface area contributed by atoms with E-state index in [4.69, 9.17) is 11.2 Å². The quantitative estimate of drug-likeness (QED) is 0.733. The summed E-state index contributed by atoms with van der Waals surface area (Å²) >= 11 is 0. The van der Waals surface area contributed by atoms with Crippen LogP contribution in [0.15, 0.2) is 18.3 Å². The first kappa shape index (κ1) is 14.0. The Bertz CT molecular complexity index is 423. The molecule has 1 aromatic rings. The number of ether oxygens (including phenoxy) is 1. The van der Waals surface area contributed by atoms with Crippen LogP contribution >= 0.6 is 0 Å². The molecule has 5 nitrogen and oxygen atoms in total. The van der Waals surface area contributed by atoms with Gasteiger partial charge < -0.3 is 15.4 Å². The van der Waals surface area contributed by atoms with E-state index in [2.05, 4.69) is 21.5 Å². The zero-order chi connectivity index (χ0) is 13.4. The third-order valence-corrected chi connectivity index (χ3v) is 2.19. The Labute approximate surface area is 107 Å². The number of hydrogen-bond acceptors (Lipinski definition) is 4. The van der Waals surface area contributed by atoms with Crippen LogP contribution in [0.5, 0.6) is 0 Å². The number of nitrogens with zero attached hydrogens (tertiary/aromatic N) is 1. The summed E-state index contributed by atoms with van der Waals surface area (Å²) in [5.74, 6) is 2.82. The van der Waals surface area contributed by atoms with Crippen LogP contribution in [0.2, 0.25) is 0 Å². The summed E-state index contributed by atoms with van der Waals surface area (Å²) in [6.45, 7) is 2.79. The Morgan fingerprint density at radius 3 is 2.94 bits per heavy atom. The van der Waals surface area contributed by atoms with E-state index in [-0.39, 0.29) is 18.5 Å². The summed E-state index contributed by atoms with van der Waals surface area (Å²) in [7, 11) is 1.64. The first-order chi connectivity index (χ1) is 8.67. The van der Waals surface area contributed by atoms with E-state index in [0.717, 1.165) is 0 Å². The molecule has 0 spiro atoms. The largest absolute Gasteiger partial charge is 0.383 e. The van der Waals surface area contributed by atoms with Crippen molar-refractivity contribution >= 4 is 11.7 Å². The molecule has 0 saturated heterocycles. The highest BCUT2D eigenvalue weighted by molar-refractivity contribution is 5.94.